The lowest BCUT2D eigenvalue weighted by Gasteiger charge is -2.15. The number of H-pyrrole nitrogens is 1. The van der Waals surface area contributed by atoms with Crippen LogP contribution in [-0.4, -0.2) is 38.3 Å². The van der Waals surface area contributed by atoms with E-state index in [4.69, 9.17) is 11.6 Å². The van der Waals surface area contributed by atoms with Crippen molar-refractivity contribution in [2.45, 2.75) is 0 Å². The van der Waals surface area contributed by atoms with E-state index in [2.05, 4.69) is 4.98 Å². The first-order valence-corrected chi connectivity index (χ1v) is 10.3. The standard InChI is InChI=1S/C25H24ClN3O2/c1-28(2)17-9-5-15(6-10-17)19-13-20-22(14-21(19)26)27-25(31)23(24(20)30)16-7-11-18(12-8-16)29(3)4/h5-14H,1-4H3,(H2,27,30,31). The smallest absolute Gasteiger partial charge is 0.260 e. The molecule has 0 atom stereocenters. The van der Waals surface area contributed by atoms with E-state index < -0.39 is 0 Å². The number of hydrogen-bond acceptors (Lipinski definition) is 4. The predicted molar refractivity (Wildman–Crippen MR) is 131 cm³/mol. The number of hydrogen-bond donors (Lipinski definition) is 2. The Bertz CT molecular complexity index is 1310. The molecule has 1 aromatic heterocycles. The molecule has 0 amide bonds. The van der Waals surface area contributed by atoms with Crippen LogP contribution in [-0.2, 0) is 0 Å². The number of rotatable bonds is 4. The van der Waals surface area contributed by atoms with Crippen LogP contribution in [0.15, 0.2) is 65.5 Å². The number of nitrogens with zero attached hydrogens (tertiary/aromatic N) is 2. The summed E-state index contributed by atoms with van der Waals surface area (Å²) in [5, 5.41) is 12.1. The Morgan fingerprint density at radius 3 is 1.84 bits per heavy atom. The normalized spacial score (nSPS) is 11.0. The van der Waals surface area contributed by atoms with Crippen molar-refractivity contribution in [3.63, 3.8) is 0 Å². The first kappa shape index (κ1) is 20.8. The van der Waals surface area contributed by atoms with Crippen molar-refractivity contribution in [3.8, 4) is 28.0 Å². The first-order valence-electron chi connectivity index (χ1n) is 9.90. The van der Waals surface area contributed by atoms with E-state index in [1.165, 1.54) is 0 Å². The molecule has 3 aromatic carbocycles. The first-order chi connectivity index (χ1) is 14.8. The van der Waals surface area contributed by atoms with Gasteiger partial charge in [-0.05, 0) is 47.5 Å². The van der Waals surface area contributed by atoms with E-state index in [-0.39, 0.29) is 16.9 Å². The average Bonchev–Trinajstić information content (AvgIpc) is 2.74. The van der Waals surface area contributed by atoms with Crippen LogP contribution in [0.4, 0.5) is 11.4 Å². The Morgan fingerprint density at radius 1 is 0.806 bits per heavy atom. The van der Waals surface area contributed by atoms with Crippen LogP contribution in [0.5, 0.6) is 5.75 Å². The molecule has 1 heterocycles. The van der Waals surface area contributed by atoms with E-state index in [0.717, 1.165) is 22.5 Å². The molecule has 0 saturated carbocycles. The molecule has 0 fully saturated rings. The van der Waals surface area contributed by atoms with Gasteiger partial charge in [0.05, 0.1) is 16.1 Å². The van der Waals surface area contributed by atoms with Crippen LogP contribution in [0.2, 0.25) is 5.02 Å². The zero-order valence-electron chi connectivity index (χ0n) is 17.9. The molecule has 0 unspecified atom stereocenters. The molecule has 0 bridgehead atoms. The highest BCUT2D eigenvalue weighted by Crippen LogP contribution is 2.38. The van der Waals surface area contributed by atoms with Gasteiger partial charge >= 0.3 is 0 Å². The molecule has 0 aliphatic heterocycles. The van der Waals surface area contributed by atoms with Gasteiger partial charge in [0.15, 0.2) is 0 Å². The fraction of sp³-hybridized carbons (Fsp3) is 0.160. The zero-order chi connectivity index (χ0) is 22.3. The summed E-state index contributed by atoms with van der Waals surface area (Å²) in [7, 11) is 7.87. The number of pyridine rings is 1. The maximum Gasteiger partial charge on any atom is 0.260 e. The predicted octanol–water partition coefficient (Wildman–Crippen LogP) is 5.35. The second-order valence-corrected chi connectivity index (χ2v) is 8.35. The summed E-state index contributed by atoms with van der Waals surface area (Å²) in [6.07, 6.45) is 0. The number of aromatic amines is 1. The number of halogens is 1. The third-order valence-electron chi connectivity index (χ3n) is 5.44. The molecule has 2 N–H and O–H groups in total. The van der Waals surface area contributed by atoms with Crippen LogP contribution >= 0.6 is 11.6 Å². The largest absolute Gasteiger partial charge is 0.506 e. The van der Waals surface area contributed by atoms with Crippen molar-refractivity contribution in [1.82, 2.24) is 4.98 Å². The van der Waals surface area contributed by atoms with Gasteiger partial charge in [-0.25, -0.2) is 0 Å². The van der Waals surface area contributed by atoms with Gasteiger partial charge in [0.25, 0.3) is 5.56 Å². The lowest BCUT2D eigenvalue weighted by molar-refractivity contribution is 0.482. The second kappa shape index (κ2) is 8.00. The third-order valence-corrected chi connectivity index (χ3v) is 5.75. The van der Waals surface area contributed by atoms with Gasteiger partial charge in [-0.15, -0.1) is 0 Å². The summed E-state index contributed by atoms with van der Waals surface area (Å²) in [5.41, 5.74) is 4.84. The highest BCUT2D eigenvalue weighted by atomic mass is 35.5. The lowest BCUT2D eigenvalue weighted by atomic mass is 9.99. The molecule has 6 heteroatoms. The van der Waals surface area contributed by atoms with Gasteiger partial charge in [0.1, 0.15) is 5.75 Å². The van der Waals surface area contributed by atoms with Crippen LogP contribution < -0.4 is 15.4 Å². The molecule has 0 aliphatic rings. The number of benzene rings is 3. The quantitative estimate of drug-likeness (QED) is 0.455. The summed E-state index contributed by atoms with van der Waals surface area (Å²) >= 11 is 6.53. The molecule has 5 nitrogen and oxygen atoms in total. The van der Waals surface area contributed by atoms with Crippen molar-refractivity contribution in [3.05, 3.63) is 76.0 Å². The highest BCUT2D eigenvalue weighted by Gasteiger charge is 2.16. The fourth-order valence-electron chi connectivity index (χ4n) is 3.65. The number of aromatic nitrogens is 1. The van der Waals surface area contributed by atoms with E-state index in [1.807, 2.05) is 92.6 Å². The summed E-state index contributed by atoms with van der Waals surface area (Å²) in [4.78, 5) is 19.6. The van der Waals surface area contributed by atoms with Gasteiger partial charge < -0.3 is 19.9 Å². The lowest BCUT2D eigenvalue weighted by Crippen LogP contribution is -2.10. The van der Waals surface area contributed by atoms with E-state index in [1.54, 1.807) is 6.07 Å². The highest BCUT2D eigenvalue weighted by molar-refractivity contribution is 6.34. The number of aromatic hydroxyl groups is 1. The Kier molecular flexibility index (Phi) is 5.38. The molecule has 4 aromatic rings. The van der Waals surface area contributed by atoms with Crippen molar-refractivity contribution >= 4 is 33.9 Å². The minimum atomic E-state index is -0.359. The summed E-state index contributed by atoms with van der Waals surface area (Å²) in [6, 6.07) is 19.0. The molecule has 0 radical (unpaired) electrons. The van der Waals surface area contributed by atoms with Crippen LogP contribution in [0.3, 0.4) is 0 Å². The maximum atomic E-state index is 12.8. The van der Waals surface area contributed by atoms with Gasteiger partial charge in [-0.1, -0.05) is 35.9 Å². The van der Waals surface area contributed by atoms with E-state index in [0.29, 0.717) is 21.5 Å². The van der Waals surface area contributed by atoms with Crippen LogP contribution in [0.1, 0.15) is 0 Å². The van der Waals surface area contributed by atoms with Crippen LogP contribution in [0, 0.1) is 0 Å². The average molecular weight is 434 g/mol. The van der Waals surface area contributed by atoms with Crippen molar-refractivity contribution in [2.75, 3.05) is 38.0 Å². The number of fused-ring (bicyclic) bond motifs is 1. The van der Waals surface area contributed by atoms with E-state index in [9.17, 15) is 9.90 Å². The van der Waals surface area contributed by atoms with Crippen molar-refractivity contribution in [2.24, 2.45) is 0 Å². The third kappa shape index (κ3) is 3.84. The van der Waals surface area contributed by atoms with Crippen molar-refractivity contribution in [1.29, 1.82) is 0 Å². The maximum absolute atomic E-state index is 12.8. The van der Waals surface area contributed by atoms with Crippen molar-refractivity contribution < 1.29 is 5.11 Å². The SMILES string of the molecule is CN(C)c1ccc(-c2cc3c(O)c(-c4ccc(N(C)C)cc4)c(=O)[nH]c3cc2Cl)cc1. The van der Waals surface area contributed by atoms with Crippen LogP contribution in [0.25, 0.3) is 33.2 Å². The van der Waals surface area contributed by atoms with Gasteiger partial charge in [0, 0.05) is 50.5 Å². The molecule has 158 valence electrons. The zero-order valence-corrected chi connectivity index (χ0v) is 18.7. The topological polar surface area (TPSA) is 59.6 Å². The summed E-state index contributed by atoms with van der Waals surface area (Å²) < 4.78 is 0. The summed E-state index contributed by atoms with van der Waals surface area (Å²) in [6.45, 7) is 0. The Balaban J connectivity index is 1.87. The molecule has 0 spiro atoms. The number of anilines is 2. The molecule has 31 heavy (non-hydrogen) atoms. The van der Waals surface area contributed by atoms with Gasteiger partial charge in [-0.2, -0.15) is 0 Å². The molecular formula is C25H24ClN3O2. The molecule has 4 rings (SSSR count). The minimum absolute atomic E-state index is 0.0563. The minimum Gasteiger partial charge on any atom is -0.506 e. The molecule has 0 saturated heterocycles. The van der Waals surface area contributed by atoms with E-state index >= 15 is 0 Å². The Labute approximate surface area is 186 Å². The van der Waals surface area contributed by atoms with Gasteiger partial charge in [0.2, 0.25) is 0 Å². The molecule has 0 aliphatic carbocycles. The Morgan fingerprint density at radius 2 is 1.32 bits per heavy atom. The summed E-state index contributed by atoms with van der Waals surface area (Å²) in [5.74, 6) is -0.0563. The molecular weight excluding hydrogens is 410 g/mol. The fourth-order valence-corrected chi connectivity index (χ4v) is 3.93. The second-order valence-electron chi connectivity index (χ2n) is 7.94. The Hall–Kier alpha value is -3.44. The van der Waals surface area contributed by atoms with Gasteiger partial charge in [-0.3, -0.25) is 4.79 Å². The number of nitrogens with one attached hydrogen (secondary N) is 1. The monoisotopic (exact) mass is 433 g/mol.